The Labute approximate surface area is 101 Å². The average Bonchev–Trinajstić information content (AvgIpc) is 2.83. The highest BCUT2D eigenvalue weighted by molar-refractivity contribution is 7.89. The number of hydrogen-bond donors (Lipinski definition) is 3. The van der Waals surface area contributed by atoms with Crippen LogP contribution < -0.4 is 10.5 Å². The molecule has 0 aliphatic rings. The van der Waals surface area contributed by atoms with E-state index in [-0.39, 0.29) is 23.0 Å². The molecule has 0 saturated carbocycles. The summed E-state index contributed by atoms with van der Waals surface area (Å²) in [6.45, 7) is -0.129. The van der Waals surface area contributed by atoms with E-state index in [0.29, 0.717) is 0 Å². The standard InChI is InChI=1S/C8H9FN6O2S/c9-6-2-1-5(3-7(6)10)18(16,17)11-4-8-12-14-15-13-8/h1-3,11H,4,10H2,(H,12,13,14,15). The van der Waals surface area contributed by atoms with Gasteiger partial charge in [-0.3, -0.25) is 0 Å². The zero-order chi connectivity index (χ0) is 13.2. The molecule has 0 atom stereocenters. The lowest BCUT2D eigenvalue weighted by atomic mass is 10.3. The second-order valence-electron chi connectivity index (χ2n) is 3.34. The summed E-state index contributed by atoms with van der Waals surface area (Å²) in [7, 11) is -3.79. The number of hydrogen-bond acceptors (Lipinski definition) is 6. The molecule has 0 aliphatic heterocycles. The van der Waals surface area contributed by atoms with Crippen molar-refractivity contribution >= 4 is 15.7 Å². The van der Waals surface area contributed by atoms with E-state index in [1.807, 2.05) is 0 Å². The molecule has 2 aromatic rings. The van der Waals surface area contributed by atoms with Gasteiger partial charge in [0.1, 0.15) is 5.82 Å². The molecule has 10 heteroatoms. The van der Waals surface area contributed by atoms with Crippen molar-refractivity contribution in [1.82, 2.24) is 25.3 Å². The molecule has 8 nitrogen and oxygen atoms in total. The molecule has 4 N–H and O–H groups in total. The Morgan fingerprint density at radius 2 is 2.22 bits per heavy atom. The topological polar surface area (TPSA) is 127 Å². The fourth-order valence-electron chi connectivity index (χ4n) is 1.19. The number of nitrogens with zero attached hydrogens (tertiary/aromatic N) is 3. The third kappa shape index (κ3) is 2.60. The van der Waals surface area contributed by atoms with Gasteiger partial charge in [0.15, 0.2) is 5.82 Å². The SMILES string of the molecule is Nc1cc(S(=O)(=O)NCc2nn[nH]n2)ccc1F. The number of aromatic nitrogens is 4. The normalized spacial score (nSPS) is 11.6. The lowest BCUT2D eigenvalue weighted by Gasteiger charge is -2.05. The third-order valence-corrected chi connectivity index (χ3v) is 3.49. The van der Waals surface area contributed by atoms with Crippen LogP contribution in [0.4, 0.5) is 10.1 Å². The van der Waals surface area contributed by atoms with Crippen LogP contribution in [0.5, 0.6) is 0 Å². The van der Waals surface area contributed by atoms with Crippen LogP contribution in [0.3, 0.4) is 0 Å². The van der Waals surface area contributed by atoms with E-state index in [2.05, 4.69) is 25.3 Å². The molecule has 0 radical (unpaired) electrons. The van der Waals surface area contributed by atoms with Crippen LogP contribution >= 0.6 is 0 Å². The lowest BCUT2D eigenvalue weighted by Crippen LogP contribution is -2.24. The highest BCUT2D eigenvalue weighted by Crippen LogP contribution is 2.16. The van der Waals surface area contributed by atoms with E-state index in [1.165, 1.54) is 0 Å². The first-order valence-electron chi connectivity index (χ1n) is 4.76. The molecular weight excluding hydrogens is 263 g/mol. The van der Waals surface area contributed by atoms with E-state index >= 15 is 0 Å². The van der Waals surface area contributed by atoms with Gasteiger partial charge in [0, 0.05) is 0 Å². The van der Waals surface area contributed by atoms with Crippen molar-refractivity contribution in [2.75, 3.05) is 5.73 Å². The number of sulfonamides is 1. The number of halogens is 1. The van der Waals surface area contributed by atoms with Crippen molar-refractivity contribution in [2.45, 2.75) is 11.4 Å². The number of rotatable bonds is 4. The minimum Gasteiger partial charge on any atom is -0.396 e. The number of aromatic amines is 1. The summed E-state index contributed by atoms with van der Waals surface area (Å²) in [6, 6.07) is 3.14. The number of tetrazole rings is 1. The molecule has 0 saturated heterocycles. The minimum atomic E-state index is -3.79. The maximum atomic E-state index is 12.9. The van der Waals surface area contributed by atoms with Crippen molar-refractivity contribution in [3.05, 3.63) is 29.8 Å². The summed E-state index contributed by atoms with van der Waals surface area (Å²) in [5, 5.41) is 12.6. The molecule has 0 bridgehead atoms. The number of nitrogens with one attached hydrogen (secondary N) is 2. The van der Waals surface area contributed by atoms with Gasteiger partial charge >= 0.3 is 0 Å². The molecule has 0 fully saturated rings. The highest BCUT2D eigenvalue weighted by Gasteiger charge is 2.16. The highest BCUT2D eigenvalue weighted by atomic mass is 32.2. The predicted octanol–water partition coefficient (Wildman–Crippen LogP) is -0.601. The minimum absolute atomic E-state index is 0.129. The molecule has 1 aromatic heterocycles. The first kappa shape index (κ1) is 12.4. The Balaban J connectivity index is 2.17. The van der Waals surface area contributed by atoms with Crippen LogP contribution in [-0.2, 0) is 16.6 Å². The van der Waals surface area contributed by atoms with E-state index in [4.69, 9.17) is 5.73 Å². The second kappa shape index (κ2) is 4.66. The quantitative estimate of drug-likeness (QED) is 0.638. The largest absolute Gasteiger partial charge is 0.396 e. The van der Waals surface area contributed by atoms with Gasteiger partial charge in [-0.1, -0.05) is 5.21 Å². The van der Waals surface area contributed by atoms with E-state index in [0.717, 1.165) is 18.2 Å². The summed E-state index contributed by atoms with van der Waals surface area (Å²) < 4.78 is 38.8. The Kier molecular flexibility index (Phi) is 3.21. The smallest absolute Gasteiger partial charge is 0.241 e. The number of nitrogens with two attached hydrogens (primary N) is 1. The van der Waals surface area contributed by atoms with Gasteiger partial charge in [0.2, 0.25) is 10.0 Å². The molecule has 0 unspecified atom stereocenters. The Hall–Kier alpha value is -2.07. The molecule has 0 spiro atoms. The number of anilines is 1. The van der Waals surface area contributed by atoms with Crippen LogP contribution in [0.2, 0.25) is 0 Å². The van der Waals surface area contributed by atoms with Gasteiger partial charge in [-0.15, -0.1) is 10.2 Å². The van der Waals surface area contributed by atoms with E-state index in [1.54, 1.807) is 0 Å². The number of nitrogen functional groups attached to an aromatic ring is 1. The first-order valence-corrected chi connectivity index (χ1v) is 6.24. The van der Waals surface area contributed by atoms with Crippen LogP contribution in [0.15, 0.2) is 23.1 Å². The Bertz CT molecular complexity index is 642. The molecule has 0 aliphatic carbocycles. The zero-order valence-corrected chi connectivity index (χ0v) is 9.78. The number of H-pyrrole nitrogens is 1. The number of benzene rings is 1. The monoisotopic (exact) mass is 272 g/mol. The van der Waals surface area contributed by atoms with Crippen molar-refractivity contribution < 1.29 is 12.8 Å². The van der Waals surface area contributed by atoms with Crippen molar-refractivity contribution in [3.8, 4) is 0 Å². The predicted molar refractivity (Wildman–Crippen MR) is 59.0 cm³/mol. The van der Waals surface area contributed by atoms with Gasteiger partial charge in [-0.2, -0.15) is 5.21 Å². The molecular formula is C8H9FN6O2S. The van der Waals surface area contributed by atoms with Gasteiger partial charge in [-0.05, 0) is 18.2 Å². The van der Waals surface area contributed by atoms with Gasteiger partial charge in [0.05, 0.1) is 17.1 Å². The Morgan fingerprint density at radius 1 is 1.44 bits per heavy atom. The van der Waals surface area contributed by atoms with Crippen LogP contribution in [-0.4, -0.2) is 29.0 Å². The van der Waals surface area contributed by atoms with Crippen LogP contribution in [0.25, 0.3) is 0 Å². The summed E-state index contributed by atoms with van der Waals surface area (Å²) in [4.78, 5) is -0.134. The fourth-order valence-corrected chi connectivity index (χ4v) is 2.20. The second-order valence-corrected chi connectivity index (χ2v) is 5.10. The fraction of sp³-hybridized carbons (Fsp3) is 0.125. The summed E-state index contributed by atoms with van der Waals surface area (Å²) >= 11 is 0. The van der Waals surface area contributed by atoms with Crippen LogP contribution in [0.1, 0.15) is 5.82 Å². The van der Waals surface area contributed by atoms with Gasteiger partial charge < -0.3 is 5.73 Å². The Morgan fingerprint density at radius 3 is 2.83 bits per heavy atom. The van der Waals surface area contributed by atoms with Crippen LogP contribution in [0, 0.1) is 5.82 Å². The lowest BCUT2D eigenvalue weighted by molar-refractivity contribution is 0.578. The molecule has 2 rings (SSSR count). The van der Waals surface area contributed by atoms with E-state index < -0.39 is 15.8 Å². The van der Waals surface area contributed by atoms with Gasteiger partial charge in [-0.25, -0.2) is 17.5 Å². The summed E-state index contributed by atoms with van der Waals surface area (Å²) in [6.07, 6.45) is 0. The molecule has 0 amide bonds. The molecule has 96 valence electrons. The summed E-state index contributed by atoms with van der Waals surface area (Å²) in [5.74, 6) is -0.485. The third-order valence-electron chi connectivity index (χ3n) is 2.09. The molecule has 1 aromatic carbocycles. The zero-order valence-electron chi connectivity index (χ0n) is 8.96. The van der Waals surface area contributed by atoms with Crippen molar-refractivity contribution in [3.63, 3.8) is 0 Å². The maximum Gasteiger partial charge on any atom is 0.241 e. The van der Waals surface area contributed by atoms with Crippen molar-refractivity contribution in [2.24, 2.45) is 0 Å². The molecule has 18 heavy (non-hydrogen) atoms. The molecule has 1 heterocycles. The van der Waals surface area contributed by atoms with Gasteiger partial charge in [0.25, 0.3) is 0 Å². The average molecular weight is 272 g/mol. The summed E-state index contributed by atoms with van der Waals surface area (Å²) in [5.41, 5.74) is 5.06. The van der Waals surface area contributed by atoms with E-state index in [9.17, 15) is 12.8 Å². The first-order chi connectivity index (χ1) is 8.49. The van der Waals surface area contributed by atoms with Crippen molar-refractivity contribution in [1.29, 1.82) is 0 Å². The maximum absolute atomic E-state index is 12.9.